The summed E-state index contributed by atoms with van der Waals surface area (Å²) >= 11 is 0. The highest BCUT2D eigenvalue weighted by molar-refractivity contribution is 4.76. The first-order valence-electron chi connectivity index (χ1n) is 6.04. The second-order valence-corrected chi connectivity index (χ2v) is 5.64. The maximum absolute atomic E-state index is 12.0. The maximum atomic E-state index is 12.0. The van der Waals surface area contributed by atoms with Gasteiger partial charge in [-0.3, -0.25) is 0 Å². The first kappa shape index (κ1) is 16.7. The van der Waals surface area contributed by atoms with Crippen LogP contribution in [0.25, 0.3) is 0 Å². The zero-order chi connectivity index (χ0) is 13.7. The molecule has 0 aromatic rings. The minimum atomic E-state index is -4.03. The molecule has 0 amide bonds. The largest absolute Gasteiger partial charge is 0.389 e. The Morgan fingerprint density at radius 3 is 2.18 bits per heavy atom. The van der Waals surface area contributed by atoms with Gasteiger partial charge < -0.3 is 10.6 Å². The molecule has 104 valence electrons. The van der Waals surface area contributed by atoms with E-state index >= 15 is 0 Å². The molecule has 0 bridgehead atoms. The number of halogens is 3. The average molecular weight is 254 g/mol. The minimum Gasteiger partial charge on any atom is -0.330 e. The van der Waals surface area contributed by atoms with Crippen LogP contribution in [-0.4, -0.2) is 37.3 Å². The molecule has 2 N–H and O–H groups in total. The van der Waals surface area contributed by atoms with E-state index in [1.54, 1.807) is 0 Å². The fraction of sp³-hybridized carbons (Fsp3) is 1.00. The Morgan fingerprint density at radius 1 is 1.24 bits per heavy atom. The zero-order valence-electron chi connectivity index (χ0n) is 11.3. The number of rotatable bonds is 7. The van der Waals surface area contributed by atoms with E-state index in [0.717, 1.165) is 6.54 Å². The second kappa shape index (κ2) is 6.59. The lowest BCUT2D eigenvalue weighted by molar-refractivity contribution is -0.136. The summed E-state index contributed by atoms with van der Waals surface area (Å²) in [6, 6.07) is 0.156. The van der Waals surface area contributed by atoms with E-state index in [1.807, 2.05) is 14.0 Å². The van der Waals surface area contributed by atoms with Crippen molar-refractivity contribution in [3.63, 3.8) is 0 Å². The second-order valence-electron chi connectivity index (χ2n) is 5.64. The summed E-state index contributed by atoms with van der Waals surface area (Å²) in [6.07, 6.45) is -3.96. The van der Waals surface area contributed by atoms with Gasteiger partial charge in [0.25, 0.3) is 0 Å². The summed E-state index contributed by atoms with van der Waals surface area (Å²) in [5.41, 5.74) is 5.64. The number of nitrogens with zero attached hydrogens (tertiary/aromatic N) is 1. The lowest BCUT2D eigenvalue weighted by Crippen LogP contribution is -2.40. The van der Waals surface area contributed by atoms with Crippen molar-refractivity contribution in [1.82, 2.24) is 4.90 Å². The molecule has 2 nitrogen and oxygen atoms in total. The van der Waals surface area contributed by atoms with Crippen LogP contribution in [0.4, 0.5) is 13.2 Å². The zero-order valence-corrected chi connectivity index (χ0v) is 11.3. The monoisotopic (exact) mass is 254 g/mol. The van der Waals surface area contributed by atoms with Gasteiger partial charge in [0.2, 0.25) is 0 Å². The van der Waals surface area contributed by atoms with E-state index < -0.39 is 12.6 Å². The Balaban J connectivity index is 3.94. The highest BCUT2D eigenvalue weighted by Crippen LogP contribution is 2.24. The summed E-state index contributed by atoms with van der Waals surface area (Å²) < 4.78 is 36.0. The summed E-state index contributed by atoms with van der Waals surface area (Å²) in [6.45, 7) is 7.46. The molecule has 1 unspecified atom stereocenters. The molecule has 0 aromatic carbocycles. The van der Waals surface area contributed by atoms with Gasteiger partial charge in [-0.15, -0.1) is 0 Å². The molecular weight excluding hydrogens is 229 g/mol. The molecule has 1 atom stereocenters. The van der Waals surface area contributed by atoms with Gasteiger partial charge in [-0.1, -0.05) is 13.8 Å². The Labute approximate surface area is 102 Å². The van der Waals surface area contributed by atoms with E-state index in [1.165, 1.54) is 0 Å². The van der Waals surface area contributed by atoms with Crippen LogP contribution >= 0.6 is 0 Å². The first-order valence-corrected chi connectivity index (χ1v) is 6.04. The number of hydrogen-bond acceptors (Lipinski definition) is 2. The van der Waals surface area contributed by atoms with E-state index in [9.17, 15) is 13.2 Å². The van der Waals surface area contributed by atoms with E-state index in [0.29, 0.717) is 13.0 Å². The van der Waals surface area contributed by atoms with Gasteiger partial charge in [0.05, 0.1) is 0 Å². The quantitative estimate of drug-likeness (QED) is 0.756. The van der Waals surface area contributed by atoms with E-state index in [-0.39, 0.29) is 17.9 Å². The molecule has 0 fully saturated rings. The predicted molar refractivity (Wildman–Crippen MR) is 64.8 cm³/mol. The van der Waals surface area contributed by atoms with Crippen molar-refractivity contribution >= 4 is 0 Å². The molecule has 0 spiro atoms. The Morgan fingerprint density at radius 2 is 1.76 bits per heavy atom. The van der Waals surface area contributed by atoms with Crippen molar-refractivity contribution in [3.8, 4) is 0 Å². The van der Waals surface area contributed by atoms with Crippen LogP contribution in [-0.2, 0) is 0 Å². The lowest BCUT2D eigenvalue weighted by Gasteiger charge is -2.33. The average Bonchev–Trinajstić information content (AvgIpc) is 2.15. The molecular formula is C12H25F3N2. The topological polar surface area (TPSA) is 29.3 Å². The molecule has 17 heavy (non-hydrogen) atoms. The highest BCUT2D eigenvalue weighted by atomic mass is 19.4. The number of hydrogen-bond donors (Lipinski definition) is 1. The third-order valence-corrected chi connectivity index (χ3v) is 3.06. The highest BCUT2D eigenvalue weighted by Gasteiger charge is 2.27. The molecule has 0 aliphatic heterocycles. The van der Waals surface area contributed by atoms with Crippen LogP contribution in [0.15, 0.2) is 0 Å². The van der Waals surface area contributed by atoms with Crippen molar-refractivity contribution in [2.75, 3.05) is 20.1 Å². The lowest BCUT2D eigenvalue weighted by atomic mass is 9.92. The number of alkyl halides is 3. The summed E-state index contributed by atoms with van der Waals surface area (Å²) in [4.78, 5) is 2.09. The third kappa shape index (κ3) is 8.44. The van der Waals surface area contributed by atoms with Crippen molar-refractivity contribution in [2.24, 2.45) is 11.1 Å². The van der Waals surface area contributed by atoms with Crippen LogP contribution in [0.3, 0.4) is 0 Å². The van der Waals surface area contributed by atoms with Gasteiger partial charge >= 0.3 is 6.18 Å². The third-order valence-electron chi connectivity index (χ3n) is 3.06. The molecule has 0 saturated heterocycles. The van der Waals surface area contributed by atoms with Gasteiger partial charge in [0.15, 0.2) is 0 Å². The van der Waals surface area contributed by atoms with Gasteiger partial charge in [0, 0.05) is 19.0 Å². The van der Waals surface area contributed by atoms with Crippen LogP contribution in [0.2, 0.25) is 0 Å². The Kier molecular flexibility index (Phi) is 6.48. The van der Waals surface area contributed by atoms with Gasteiger partial charge in [-0.25, -0.2) is 0 Å². The van der Waals surface area contributed by atoms with E-state index in [2.05, 4.69) is 18.7 Å². The number of nitrogens with two attached hydrogens (primary N) is 1. The van der Waals surface area contributed by atoms with Gasteiger partial charge in [-0.2, -0.15) is 13.2 Å². The van der Waals surface area contributed by atoms with Crippen LogP contribution in [0, 0.1) is 5.41 Å². The normalized spacial score (nSPS) is 15.4. The molecule has 0 aromatic heterocycles. The van der Waals surface area contributed by atoms with Crippen LogP contribution < -0.4 is 5.73 Å². The van der Waals surface area contributed by atoms with Crippen molar-refractivity contribution < 1.29 is 13.2 Å². The Bertz CT molecular complexity index is 214. The van der Waals surface area contributed by atoms with Crippen molar-refractivity contribution in [1.29, 1.82) is 0 Å². The fourth-order valence-electron chi connectivity index (χ4n) is 1.71. The van der Waals surface area contributed by atoms with Crippen LogP contribution in [0.5, 0.6) is 0 Å². The Hall–Kier alpha value is -0.290. The van der Waals surface area contributed by atoms with Crippen molar-refractivity contribution in [2.45, 2.75) is 52.3 Å². The molecule has 0 rings (SSSR count). The molecule has 0 radical (unpaired) electrons. The van der Waals surface area contributed by atoms with Crippen LogP contribution in [0.1, 0.15) is 40.0 Å². The minimum absolute atomic E-state index is 0.00698. The summed E-state index contributed by atoms with van der Waals surface area (Å²) in [5, 5.41) is 0. The van der Waals surface area contributed by atoms with E-state index in [4.69, 9.17) is 5.73 Å². The molecule has 0 saturated carbocycles. The standard InChI is InChI=1S/C12H25F3N2/c1-10(6-5-7-12(13,14)15)17(4)9-11(2,3)8-16/h10H,5-9,16H2,1-4H3. The fourth-order valence-corrected chi connectivity index (χ4v) is 1.71. The smallest absolute Gasteiger partial charge is 0.330 e. The van der Waals surface area contributed by atoms with Crippen molar-refractivity contribution in [3.05, 3.63) is 0 Å². The predicted octanol–water partition coefficient (Wildman–Crippen LogP) is 3.02. The molecule has 0 aliphatic rings. The molecule has 0 heterocycles. The SMILES string of the molecule is CC(CCCC(F)(F)F)N(C)CC(C)(C)CN. The van der Waals surface area contributed by atoms with Gasteiger partial charge in [-0.05, 0) is 38.8 Å². The first-order chi connectivity index (χ1) is 7.57. The summed E-state index contributed by atoms with van der Waals surface area (Å²) in [5.74, 6) is 0. The molecule has 5 heteroatoms. The maximum Gasteiger partial charge on any atom is 0.389 e. The van der Waals surface area contributed by atoms with Gasteiger partial charge in [0.1, 0.15) is 0 Å². The summed E-state index contributed by atoms with van der Waals surface area (Å²) in [7, 11) is 1.94. The molecule has 0 aliphatic carbocycles.